The summed E-state index contributed by atoms with van der Waals surface area (Å²) in [5, 5.41) is 2.27. The Balaban J connectivity index is 0.000000175. The molecule has 4 aromatic heterocycles. The average molecular weight is 583 g/mol. The summed E-state index contributed by atoms with van der Waals surface area (Å²) in [5.41, 5.74) is 21.1. The van der Waals surface area contributed by atoms with Gasteiger partial charge in [-0.15, -0.1) is 0 Å². The summed E-state index contributed by atoms with van der Waals surface area (Å²) < 4.78 is 0. The highest BCUT2D eigenvalue weighted by Gasteiger charge is 2.12. The van der Waals surface area contributed by atoms with E-state index in [1.165, 1.54) is 11.1 Å². The van der Waals surface area contributed by atoms with Gasteiger partial charge in [0.1, 0.15) is 0 Å². The van der Waals surface area contributed by atoms with Crippen LogP contribution in [0.2, 0.25) is 0 Å². The van der Waals surface area contributed by atoms with Gasteiger partial charge < -0.3 is 11.5 Å². The number of benzene rings is 2. The van der Waals surface area contributed by atoms with Gasteiger partial charge in [0.25, 0.3) is 0 Å². The maximum Gasteiger partial charge on any atom is 0.0706 e. The zero-order valence-electron chi connectivity index (χ0n) is 26.1. The lowest BCUT2D eigenvalue weighted by Gasteiger charge is -2.14. The summed E-state index contributed by atoms with van der Waals surface area (Å²) in [6, 6.07) is 29.0. The lowest BCUT2D eigenvalue weighted by atomic mass is 10.00. The molecule has 4 heterocycles. The molecule has 0 aliphatic heterocycles. The van der Waals surface area contributed by atoms with Crippen LogP contribution >= 0.6 is 0 Å². The highest BCUT2D eigenvalue weighted by atomic mass is 14.8. The fourth-order valence-electron chi connectivity index (χ4n) is 5.40. The average Bonchev–Trinajstić information content (AvgIpc) is 3.04. The van der Waals surface area contributed by atoms with Crippen LogP contribution in [-0.4, -0.2) is 19.9 Å². The van der Waals surface area contributed by atoms with Crippen molar-refractivity contribution in [2.75, 3.05) is 0 Å². The van der Waals surface area contributed by atoms with Crippen molar-refractivity contribution in [2.45, 2.75) is 52.6 Å². The predicted molar refractivity (Wildman–Crippen MR) is 183 cm³/mol. The smallest absolute Gasteiger partial charge is 0.0706 e. The molecule has 6 heteroatoms. The van der Waals surface area contributed by atoms with Gasteiger partial charge in [0.05, 0.1) is 22.4 Å². The minimum absolute atomic E-state index is 0.00396. The van der Waals surface area contributed by atoms with Crippen molar-refractivity contribution in [3.8, 4) is 22.3 Å². The first-order valence-electron chi connectivity index (χ1n) is 15.4. The van der Waals surface area contributed by atoms with Crippen molar-refractivity contribution in [3.63, 3.8) is 0 Å². The van der Waals surface area contributed by atoms with Crippen molar-refractivity contribution < 1.29 is 0 Å². The standard InChI is InChI=1S/2C19H21N3/c2*1-13(2)11-17(20)19-6-4-16-12-15(3-5-18(16)22-19)14-7-9-21-10-8-14/h2*3-10,12-13,17H,11,20H2,1-2H3. The van der Waals surface area contributed by atoms with Gasteiger partial charge in [-0.1, -0.05) is 52.0 Å². The fourth-order valence-corrected chi connectivity index (χ4v) is 5.40. The molecule has 0 amide bonds. The first-order valence-corrected chi connectivity index (χ1v) is 15.4. The van der Waals surface area contributed by atoms with Crippen LogP contribution in [0.25, 0.3) is 44.1 Å². The van der Waals surface area contributed by atoms with E-state index in [1.807, 2.05) is 61.2 Å². The molecule has 0 fully saturated rings. The number of rotatable bonds is 8. The Morgan fingerprint density at radius 1 is 0.477 bits per heavy atom. The van der Waals surface area contributed by atoms with Gasteiger partial charge in [-0.2, -0.15) is 0 Å². The topological polar surface area (TPSA) is 104 Å². The maximum absolute atomic E-state index is 6.24. The van der Waals surface area contributed by atoms with Crippen LogP contribution in [0.1, 0.15) is 64.0 Å². The fraction of sp³-hybridized carbons (Fsp3) is 0.263. The number of nitrogens with zero attached hydrogens (tertiary/aromatic N) is 4. The van der Waals surface area contributed by atoms with Crippen molar-refractivity contribution >= 4 is 21.8 Å². The maximum atomic E-state index is 6.24. The van der Waals surface area contributed by atoms with E-state index in [9.17, 15) is 0 Å². The molecule has 6 aromatic rings. The van der Waals surface area contributed by atoms with Crippen LogP contribution < -0.4 is 11.5 Å². The van der Waals surface area contributed by atoms with E-state index in [2.05, 4.69) is 86.2 Å². The van der Waals surface area contributed by atoms with Gasteiger partial charge in [0, 0.05) is 47.6 Å². The molecule has 2 unspecified atom stereocenters. The normalized spacial score (nSPS) is 12.7. The second kappa shape index (κ2) is 14.3. The van der Waals surface area contributed by atoms with E-state index in [0.29, 0.717) is 11.8 Å². The molecule has 6 nitrogen and oxygen atoms in total. The highest BCUT2D eigenvalue weighted by Crippen LogP contribution is 2.27. The lowest BCUT2D eigenvalue weighted by molar-refractivity contribution is 0.503. The number of pyridine rings is 4. The molecule has 0 saturated heterocycles. The van der Waals surface area contributed by atoms with E-state index >= 15 is 0 Å². The Morgan fingerprint density at radius 3 is 1.23 bits per heavy atom. The molecule has 0 aliphatic carbocycles. The minimum Gasteiger partial charge on any atom is -0.323 e. The molecule has 44 heavy (non-hydrogen) atoms. The Hall–Kier alpha value is -4.52. The number of aromatic nitrogens is 4. The quantitative estimate of drug-likeness (QED) is 0.186. The molecule has 2 atom stereocenters. The molecule has 2 aromatic carbocycles. The molecular weight excluding hydrogens is 540 g/mol. The first kappa shape index (κ1) is 30.9. The van der Waals surface area contributed by atoms with Crippen molar-refractivity contribution in [3.05, 3.63) is 121 Å². The van der Waals surface area contributed by atoms with Gasteiger partial charge in [0.15, 0.2) is 0 Å². The monoisotopic (exact) mass is 582 g/mol. The van der Waals surface area contributed by atoms with E-state index in [4.69, 9.17) is 21.4 Å². The number of hydrogen-bond acceptors (Lipinski definition) is 6. The predicted octanol–water partition coefficient (Wildman–Crippen LogP) is 8.69. The van der Waals surface area contributed by atoms with Crippen LogP contribution in [0.15, 0.2) is 110 Å². The molecule has 224 valence electrons. The van der Waals surface area contributed by atoms with Crippen LogP contribution in [0, 0.1) is 11.8 Å². The molecule has 0 spiro atoms. The van der Waals surface area contributed by atoms with Gasteiger partial charge in [-0.25, -0.2) is 0 Å². The summed E-state index contributed by atoms with van der Waals surface area (Å²) in [6.45, 7) is 8.73. The first-order chi connectivity index (χ1) is 21.3. The second-order valence-corrected chi connectivity index (χ2v) is 12.2. The molecule has 0 bridgehead atoms. The minimum atomic E-state index is 0.00396. The molecular formula is C38H42N6. The Morgan fingerprint density at radius 2 is 0.864 bits per heavy atom. The zero-order valence-corrected chi connectivity index (χ0v) is 26.1. The second-order valence-electron chi connectivity index (χ2n) is 12.2. The molecule has 4 N–H and O–H groups in total. The van der Waals surface area contributed by atoms with Gasteiger partial charge in [-0.3, -0.25) is 19.9 Å². The number of nitrogens with two attached hydrogens (primary N) is 2. The number of hydrogen-bond donors (Lipinski definition) is 2. The molecule has 0 aliphatic rings. The summed E-state index contributed by atoms with van der Waals surface area (Å²) in [6.07, 6.45) is 9.15. The third kappa shape index (κ3) is 7.90. The van der Waals surface area contributed by atoms with Crippen LogP contribution in [0.4, 0.5) is 0 Å². The Bertz CT molecular complexity index is 1670. The van der Waals surface area contributed by atoms with Crippen molar-refractivity contribution in [1.29, 1.82) is 0 Å². The van der Waals surface area contributed by atoms with Gasteiger partial charge in [0.2, 0.25) is 0 Å². The highest BCUT2D eigenvalue weighted by molar-refractivity contribution is 5.85. The molecule has 0 radical (unpaired) electrons. The molecule has 6 rings (SSSR count). The van der Waals surface area contributed by atoms with Crippen molar-refractivity contribution in [2.24, 2.45) is 23.3 Å². The van der Waals surface area contributed by atoms with Crippen LogP contribution in [0.5, 0.6) is 0 Å². The van der Waals surface area contributed by atoms with E-state index in [1.54, 1.807) is 0 Å². The van der Waals surface area contributed by atoms with E-state index in [-0.39, 0.29) is 12.1 Å². The molecule has 0 saturated carbocycles. The van der Waals surface area contributed by atoms with Crippen LogP contribution in [0.3, 0.4) is 0 Å². The Labute approximate surface area is 260 Å². The summed E-state index contributed by atoms with van der Waals surface area (Å²) in [5.74, 6) is 1.14. The van der Waals surface area contributed by atoms with Crippen LogP contribution in [-0.2, 0) is 0 Å². The lowest BCUT2D eigenvalue weighted by Crippen LogP contribution is -2.14. The van der Waals surface area contributed by atoms with Gasteiger partial charge >= 0.3 is 0 Å². The largest absolute Gasteiger partial charge is 0.323 e. The number of fused-ring (bicyclic) bond motifs is 2. The zero-order chi connectivity index (χ0) is 31.1. The van der Waals surface area contributed by atoms with Crippen molar-refractivity contribution in [1.82, 2.24) is 19.9 Å². The van der Waals surface area contributed by atoms with E-state index < -0.39 is 0 Å². The SMILES string of the molecule is CC(C)CC(N)c1ccc2cc(-c3ccncc3)ccc2n1.CC(C)CC(N)c1ccc2cc(-c3ccncc3)ccc2n1. The summed E-state index contributed by atoms with van der Waals surface area (Å²) in [7, 11) is 0. The Kier molecular flexibility index (Phi) is 10.1. The van der Waals surface area contributed by atoms with E-state index in [0.717, 1.165) is 57.2 Å². The summed E-state index contributed by atoms with van der Waals surface area (Å²) in [4.78, 5) is 17.6. The third-order valence-corrected chi connectivity index (χ3v) is 7.66. The van der Waals surface area contributed by atoms with Gasteiger partial charge in [-0.05, 0) is 108 Å². The third-order valence-electron chi connectivity index (χ3n) is 7.66. The summed E-state index contributed by atoms with van der Waals surface area (Å²) >= 11 is 0.